The molecule has 10 heteroatoms. The van der Waals surface area contributed by atoms with Crippen molar-refractivity contribution in [1.82, 2.24) is 14.5 Å². The van der Waals surface area contributed by atoms with Crippen molar-refractivity contribution in [2.24, 2.45) is 5.92 Å². The van der Waals surface area contributed by atoms with Crippen LogP contribution in [0.4, 0.5) is 8.78 Å². The number of piperidine rings is 1. The Morgan fingerprint density at radius 1 is 1.15 bits per heavy atom. The highest BCUT2D eigenvalue weighted by molar-refractivity contribution is 5.97. The van der Waals surface area contributed by atoms with Gasteiger partial charge in [-0.1, -0.05) is 6.07 Å². The molecule has 8 nitrogen and oxygen atoms in total. The number of aromatic nitrogens is 2. The van der Waals surface area contributed by atoms with Gasteiger partial charge in [0.05, 0.1) is 25.1 Å². The fourth-order valence-electron chi connectivity index (χ4n) is 3.99. The number of ether oxygens (including phenoxy) is 1. The van der Waals surface area contributed by atoms with Crippen LogP contribution in [-0.2, 0) is 11.3 Å². The number of methoxy groups -OCH3 is 1. The minimum Gasteiger partial charge on any atom is -0.481 e. The number of carbonyl (C=O) groups is 2. The van der Waals surface area contributed by atoms with Gasteiger partial charge >= 0.3 is 5.97 Å². The maximum absolute atomic E-state index is 14.3. The summed E-state index contributed by atoms with van der Waals surface area (Å²) >= 11 is 0. The second-order valence-electron chi connectivity index (χ2n) is 7.83. The highest BCUT2D eigenvalue weighted by atomic mass is 19.1. The molecule has 1 saturated heterocycles. The summed E-state index contributed by atoms with van der Waals surface area (Å²) < 4.78 is 35.1. The van der Waals surface area contributed by atoms with E-state index in [0.717, 1.165) is 12.1 Å². The number of nitrogens with zero attached hydrogens (tertiary/aromatic N) is 3. The SMILES string of the molecule is COc1ccc2c(n1)c(=O)c(C(=O)N1CCC(C(=O)O)CC1)cn2Cc1c(F)cccc1F. The molecule has 0 radical (unpaired) electrons. The maximum Gasteiger partial charge on any atom is 0.306 e. The Morgan fingerprint density at radius 3 is 2.42 bits per heavy atom. The first-order chi connectivity index (χ1) is 15.8. The molecule has 0 aliphatic carbocycles. The average molecular weight is 457 g/mol. The van der Waals surface area contributed by atoms with Gasteiger partial charge in [0.15, 0.2) is 0 Å². The van der Waals surface area contributed by atoms with Gasteiger partial charge in [0, 0.05) is 30.9 Å². The molecule has 4 rings (SSSR count). The first kappa shape index (κ1) is 22.4. The summed E-state index contributed by atoms with van der Waals surface area (Å²) in [5.41, 5.74) is -0.866. The fraction of sp³-hybridized carbons (Fsp3) is 0.304. The standard InChI is InChI=1S/C23H21F2N3O5/c1-33-19-6-5-18-20(26-19)21(29)15(22(30)27-9-7-13(8-10-27)23(31)32)12-28(18)11-14-16(24)3-2-4-17(14)25/h2-6,12-13H,7-11H2,1H3,(H,31,32). The van der Waals surface area contributed by atoms with E-state index in [1.165, 1.54) is 41.0 Å². The van der Waals surface area contributed by atoms with E-state index in [4.69, 9.17) is 4.74 Å². The highest BCUT2D eigenvalue weighted by Gasteiger charge is 2.29. The van der Waals surface area contributed by atoms with Crippen LogP contribution in [0.15, 0.2) is 41.3 Å². The predicted molar refractivity (Wildman–Crippen MR) is 114 cm³/mol. The van der Waals surface area contributed by atoms with Gasteiger partial charge in [0.1, 0.15) is 22.7 Å². The van der Waals surface area contributed by atoms with E-state index in [2.05, 4.69) is 4.98 Å². The second kappa shape index (κ2) is 8.97. The van der Waals surface area contributed by atoms with Crippen LogP contribution < -0.4 is 10.2 Å². The van der Waals surface area contributed by atoms with Gasteiger partial charge in [-0.25, -0.2) is 13.8 Å². The molecule has 1 fully saturated rings. The number of likely N-dealkylation sites (tertiary alicyclic amines) is 1. The largest absolute Gasteiger partial charge is 0.481 e. The number of carboxylic acid groups (broad SMARTS) is 1. The zero-order valence-corrected chi connectivity index (χ0v) is 17.8. The van der Waals surface area contributed by atoms with Crippen molar-refractivity contribution in [1.29, 1.82) is 0 Å². The van der Waals surface area contributed by atoms with Gasteiger partial charge in [0.2, 0.25) is 11.3 Å². The number of rotatable bonds is 5. The molecular weight excluding hydrogens is 436 g/mol. The van der Waals surface area contributed by atoms with Gasteiger partial charge < -0.3 is 19.3 Å². The van der Waals surface area contributed by atoms with E-state index in [1.54, 1.807) is 0 Å². The summed E-state index contributed by atoms with van der Waals surface area (Å²) in [5, 5.41) is 9.18. The van der Waals surface area contributed by atoms with Crippen LogP contribution in [0.3, 0.4) is 0 Å². The van der Waals surface area contributed by atoms with E-state index >= 15 is 0 Å². The number of amides is 1. The van der Waals surface area contributed by atoms with Crippen LogP contribution in [0, 0.1) is 17.6 Å². The molecule has 1 amide bonds. The number of benzene rings is 1. The molecule has 0 unspecified atom stereocenters. The Bertz CT molecular complexity index is 1280. The number of hydrogen-bond acceptors (Lipinski definition) is 5. The van der Waals surface area contributed by atoms with Crippen LogP contribution in [0.2, 0.25) is 0 Å². The first-order valence-electron chi connectivity index (χ1n) is 10.3. The maximum atomic E-state index is 14.3. The molecule has 1 aliphatic rings. The van der Waals surface area contributed by atoms with Crippen molar-refractivity contribution in [3.05, 3.63) is 69.5 Å². The van der Waals surface area contributed by atoms with Gasteiger partial charge in [-0.2, -0.15) is 0 Å². The number of carboxylic acids is 1. The Balaban J connectivity index is 1.80. The Kier molecular flexibility index (Phi) is 6.08. The zero-order valence-electron chi connectivity index (χ0n) is 17.8. The average Bonchev–Trinajstić information content (AvgIpc) is 2.82. The monoisotopic (exact) mass is 457 g/mol. The van der Waals surface area contributed by atoms with E-state index in [9.17, 15) is 28.3 Å². The second-order valence-corrected chi connectivity index (χ2v) is 7.83. The van der Waals surface area contributed by atoms with Crippen molar-refractivity contribution in [3.8, 4) is 5.88 Å². The van der Waals surface area contributed by atoms with Gasteiger partial charge in [0.25, 0.3) is 5.91 Å². The number of fused-ring (bicyclic) bond motifs is 1. The minimum absolute atomic E-state index is 0.0719. The molecule has 1 N–H and O–H groups in total. The van der Waals surface area contributed by atoms with Crippen LogP contribution >= 0.6 is 0 Å². The van der Waals surface area contributed by atoms with E-state index in [1.807, 2.05) is 0 Å². The van der Waals surface area contributed by atoms with Crippen molar-refractivity contribution in [2.75, 3.05) is 20.2 Å². The van der Waals surface area contributed by atoms with Crippen molar-refractivity contribution in [2.45, 2.75) is 19.4 Å². The van der Waals surface area contributed by atoms with Gasteiger partial charge in [-0.05, 0) is 31.0 Å². The zero-order chi connectivity index (χ0) is 23.7. The molecule has 0 atom stereocenters. The normalized spacial score (nSPS) is 14.5. The third-order valence-electron chi connectivity index (χ3n) is 5.86. The molecule has 2 aromatic heterocycles. The number of hydrogen-bond donors (Lipinski definition) is 1. The van der Waals surface area contributed by atoms with E-state index in [-0.39, 0.29) is 60.5 Å². The fourth-order valence-corrected chi connectivity index (χ4v) is 3.99. The summed E-state index contributed by atoms with van der Waals surface area (Å²) in [6.45, 7) is 0.0895. The highest BCUT2D eigenvalue weighted by Crippen LogP contribution is 2.22. The van der Waals surface area contributed by atoms with Gasteiger partial charge in [-0.3, -0.25) is 14.4 Å². The summed E-state index contributed by atoms with van der Waals surface area (Å²) in [6.07, 6.45) is 1.82. The Morgan fingerprint density at radius 2 is 1.82 bits per heavy atom. The first-order valence-corrected chi connectivity index (χ1v) is 10.3. The number of aliphatic carboxylic acids is 1. The lowest BCUT2D eigenvalue weighted by atomic mass is 9.96. The van der Waals surface area contributed by atoms with Crippen LogP contribution in [0.25, 0.3) is 11.0 Å². The van der Waals surface area contributed by atoms with E-state index in [0.29, 0.717) is 0 Å². The molecule has 172 valence electrons. The summed E-state index contributed by atoms with van der Waals surface area (Å²) in [6, 6.07) is 6.55. The molecule has 1 aliphatic heterocycles. The minimum atomic E-state index is -0.918. The Hall–Kier alpha value is -3.82. The topological polar surface area (TPSA) is 102 Å². The van der Waals surface area contributed by atoms with E-state index < -0.39 is 34.9 Å². The van der Waals surface area contributed by atoms with Crippen molar-refractivity contribution < 1.29 is 28.2 Å². The third-order valence-corrected chi connectivity index (χ3v) is 5.86. The predicted octanol–water partition coefficient (Wildman–Crippen LogP) is 2.67. The molecular formula is C23H21F2N3O5. The summed E-state index contributed by atoms with van der Waals surface area (Å²) in [4.78, 5) is 43.1. The molecule has 3 heterocycles. The number of pyridine rings is 2. The number of carbonyl (C=O) groups excluding carboxylic acids is 1. The molecule has 0 spiro atoms. The quantitative estimate of drug-likeness (QED) is 0.632. The number of halogens is 2. The lowest BCUT2D eigenvalue weighted by molar-refractivity contribution is -0.143. The Labute approximate surface area is 187 Å². The molecule has 0 bridgehead atoms. The molecule has 3 aromatic rings. The van der Waals surface area contributed by atoms with Crippen LogP contribution in [0.5, 0.6) is 5.88 Å². The summed E-state index contributed by atoms with van der Waals surface area (Å²) in [5.74, 6) is -3.41. The lowest BCUT2D eigenvalue weighted by Gasteiger charge is -2.30. The lowest BCUT2D eigenvalue weighted by Crippen LogP contribution is -2.42. The molecule has 33 heavy (non-hydrogen) atoms. The van der Waals surface area contributed by atoms with Crippen LogP contribution in [0.1, 0.15) is 28.8 Å². The van der Waals surface area contributed by atoms with Crippen molar-refractivity contribution in [3.63, 3.8) is 0 Å². The van der Waals surface area contributed by atoms with Crippen LogP contribution in [-0.4, -0.2) is 51.6 Å². The molecule has 0 saturated carbocycles. The molecule has 1 aromatic carbocycles. The third kappa shape index (κ3) is 4.28. The van der Waals surface area contributed by atoms with Gasteiger partial charge in [-0.15, -0.1) is 0 Å². The van der Waals surface area contributed by atoms with Crippen molar-refractivity contribution >= 4 is 22.9 Å². The smallest absolute Gasteiger partial charge is 0.306 e. The summed E-state index contributed by atoms with van der Waals surface area (Å²) in [7, 11) is 1.38.